The fourth-order valence-electron chi connectivity index (χ4n) is 1.12. The van der Waals surface area contributed by atoms with E-state index in [2.05, 4.69) is 0 Å². The zero-order chi connectivity index (χ0) is 10.6. The quantitative estimate of drug-likeness (QED) is 0.546. The van der Waals surface area contributed by atoms with Gasteiger partial charge in [0, 0.05) is 24.9 Å². The van der Waals surface area contributed by atoms with E-state index in [1.165, 1.54) is 12.1 Å². The van der Waals surface area contributed by atoms with E-state index in [0.717, 1.165) is 5.69 Å². The second-order valence-electron chi connectivity index (χ2n) is 2.87. The third-order valence-corrected chi connectivity index (χ3v) is 1.84. The Kier molecular flexibility index (Phi) is 3.23. The summed E-state index contributed by atoms with van der Waals surface area (Å²) in [6.45, 7) is 1.92. The van der Waals surface area contributed by atoms with Crippen molar-refractivity contribution in [1.82, 2.24) is 0 Å². The standard InChI is InChI=1S/C10H12N2O2/c1-3-8-11(2)9-4-6-10(7-5-9)12(13)14/h3-8H,1-2H3. The van der Waals surface area contributed by atoms with Crippen molar-refractivity contribution < 1.29 is 4.92 Å². The molecule has 0 saturated heterocycles. The van der Waals surface area contributed by atoms with Crippen LogP contribution in [-0.4, -0.2) is 12.0 Å². The molecule has 14 heavy (non-hydrogen) atoms. The van der Waals surface area contributed by atoms with Gasteiger partial charge < -0.3 is 4.90 Å². The molecule has 0 aliphatic rings. The van der Waals surface area contributed by atoms with E-state index in [4.69, 9.17) is 0 Å². The van der Waals surface area contributed by atoms with Crippen molar-refractivity contribution in [2.24, 2.45) is 0 Å². The minimum Gasteiger partial charge on any atom is -0.351 e. The van der Waals surface area contributed by atoms with Gasteiger partial charge in [-0.05, 0) is 25.3 Å². The maximum absolute atomic E-state index is 10.4. The summed E-state index contributed by atoms with van der Waals surface area (Å²) in [6, 6.07) is 6.43. The molecule has 4 nitrogen and oxygen atoms in total. The monoisotopic (exact) mass is 192 g/mol. The van der Waals surface area contributed by atoms with Crippen LogP contribution in [0.25, 0.3) is 0 Å². The number of anilines is 1. The number of hydrogen-bond acceptors (Lipinski definition) is 3. The Hall–Kier alpha value is -1.84. The summed E-state index contributed by atoms with van der Waals surface area (Å²) in [5.74, 6) is 0. The number of hydrogen-bond donors (Lipinski definition) is 0. The number of nitro benzene ring substituents is 1. The van der Waals surface area contributed by atoms with E-state index in [1.54, 1.807) is 12.1 Å². The topological polar surface area (TPSA) is 46.4 Å². The molecule has 0 spiro atoms. The maximum Gasteiger partial charge on any atom is 0.269 e. The van der Waals surface area contributed by atoms with Gasteiger partial charge in [0.15, 0.2) is 0 Å². The molecule has 0 unspecified atom stereocenters. The third kappa shape index (κ3) is 2.32. The highest BCUT2D eigenvalue weighted by Gasteiger charge is 2.04. The molecule has 0 saturated carbocycles. The number of rotatable bonds is 3. The highest BCUT2D eigenvalue weighted by Crippen LogP contribution is 2.18. The summed E-state index contributed by atoms with van der Waals surface area (Å²) in [7, 11) is 1.89. The van der Waals surface area contributed by atoms with Crippen LogP contribution in [0.3, 0.4) is 0 Å². The highest BCUT2D eigenvalue weighted by atomic mass is 16.6. The van der Waals surface area contributed by atoms with Gasteiger partial charge in [-0.3, -0.25) is 10.1 Å². The second-order valence-corrected chi connectivity index (χ2v) is 2.87. The van der Waals surface area contributed by atoms with E-state index in [9.17, 15) is 10.1 Å². The average Bonchev–Trinajstić information content (AvgIpc) is 2.18. The van der Waals surface area contributed by atoms with Gasteiger partial charge in [-0.15, -0.1) is 0 Å². The van der Waals surface area contributed by atoms with Crippen LogP contribution in [0, 0.1) is 10.1 Å². The van der Waals surface area contributed by atoms with Gasteiger partial charge in [0.2, 0.25) is 0 Å². The Balaban J connectivity index is 2.88. The Bertz CT molecular complexity index is 344. The molecular weight excluding hydrogens is 180 g/mol. The van der Waals surface area contributed by atoms with Crippen molar-refractivity contribution >= 4 is 11.4 Å². The largest absolute Gasteiger partial charge is 0.351 e. The van der Waals surface area contributed by atoms with Gasteiger partial charge in [-0.25, -0.2) is 0 Å². The first-order valence-corrected chi connectivity index (χ1v) is 4.25. The maximum atomic E-state index is 10.4. The molecule has 1 aromatic rings. The van der Waals surface area contributed by atoms with E-state index >= 15 is 0 Å². The number of allylic oxidation sites excluding steroid dienone is 1. The van der Waals surface area contributed by atoms with Crippen LogP contribution in [0.1, 0.15) is 6.92 Å². The molecule has 1 rings (SSSR count). The van der Waals surface area contributed by atoms with Crippen LogP contribution in [0.5, 0.6) is 0 Å². The van der Waals surface area contributed by atoms with Gasteiger partial charge in [0.1, 0.15) is 0 Å². The predicted molar refractivity (Wildman–Crippen MR) is 56.3 cm³/mol. The molecule has 0 N–H and O–H groups in total. The van der Waals surface area contributed by atoms with Gasteiger partial charge >= 0.3 is 0 Å². The van der Waals surface area contributed by atoms with Gasteiger partial charge in [0.05, 0.1) is 4.92 Å². The lowest BCUT2D eigenvalue weighted by atomic mass is 10.3. The minimum atomic E-state index is -0.403. The van der Waals surface area contributed by atoms with Crippen molar-refractivity contribution in [2.75, 3.05) is 11.9 Å². The molecule has 0 bridgehead atoms. The summed E-state index contributed by atoms with van der Waals surface area (Å²) in [5.41, 5.74) is 1.04. The molecule has 1 aromatic carbocycles. The van der Waals surface area contributed by atoms with E-state index in [0.29, 0.717) is 0 Å². The van der Waals surface area contributed by atoms with E-state index in [-0.39, 0.29) is 5.69 Å². The lowest BCUT2D eigenvalue weighted by Crippen LogP contribution is -2.07. The average molecular weight is 192 g/mol. The zero-order valence-electron chi connectivity index (χ0n) is 8.18. The van der Waals surface area contributed by atoms with Crippen LogP contribution >= 0.6 is 0 Å². The lowest BCUT2D eigenvalue weighted by molar-refractivity contribution is -0.384. The zero-order valence-corrected chi connectivity index (χ0v) is 8.18. The third-order valence-electron chi connectivity index (χ3n) is 1.84. The van der Waals surface area contributed by atoms with Crippen LogP contribution in [0.2, 0.25) is 0 Å². The number of nitro groups is 1. The Morgan fingerprint density at radius 3 is 2.36 bits per heavy atom. The van der Waals surface area contributed by atoms with Crippen LogP contribution in [0.4, 0.5) is 11.4 Å². The predicted octanol–water partition coefficient (Wildman–Crippen LogP) is 2.56. The van der Waals surface area contributed by atoms with E-state index < -0.39 is 4.92 Å². The summed E-state index contributed by atoms with van der Waals surface area (Å²) >= 11 is 0. The van der Waals surface area contributed by atoms with Crippen LogP contribution < -0.4 is 4.90 Å². The summed E-state index contributed by atoms with van der Waals surface area (Å²) < 4.78 is 0. The Morgan fingerprint density at radius 2 is 1.93 bits per heavy atom. The fraction of sp³-hybridized carbons (Fsp3) is 0.200. The summed E-state index contributed by atoms with van der Waals surface area (Å²) in [5, 5.41) is 10.4. The SMILES string of the molecule is CC=CN(C)c1ccc([N+](=O)[O-])cc1. The minimum absolute atomic E-state index is 0.114. The molecule has 0 aliphatic heterocycles. The first-order chi connectivity index (χ1) is 6.65. The molecular formula is C10H12N2O2. The molecule has 0 heterocycles. The number of nitrogens with zero attached hydrogens (tertiary/aromatic N) is 2. The van der Waals surface area contributed by atoms with Crippen molar-refractivity contribution in [3.63, 3.8) is 0 Å². The van der Waals surface area contributed by atoms with E-state index in [1.807, 2.05) is 31.1 Å². The first-order valence-electron chi connectivity index (χ1n) is 4.25. The van der Waals surface area contributed by atoms with Gasteiger partial charge in [-0.1, -0.05) is 6.08 Å². The van der Waals surface area contributed by atoms with Crippen molar-refractivity contribution in [1.29, 1.82) is 0 Å². The second kappa shape index (κ2) is 4.41. The fourth-order valence-corrected chi connectivity index (χ4v) is 1.12. The summed E-state index contributed by atoms with van der Waals surface area (Å²) in [4.78, 5) is 11.9. The summed E-state index contributed by atoms with van der Waals surface area (Å²) in [6.07, 6.45) is 3.79. The molecule has 4 heteroatoms. The first kappa shape index (κ1) is 10.2. The molecule has 0 amide bonds. The number of non-ortho nitro benzene ring substituents is 1. The van der Waals surface area contributed by atoms with Crippen molar-refractivity contribution in [3.8, 4) is 0 Å². The smallest absolute Gasteiger partial charge is 0.269 e. The lowest BCUT2D eigenvalue weighted by Gasteiger charge is -2.12. The molecule has 0 fully saturated rings. The molecule has 0 aromatic heterocycles. The Morgan fingerprint density at radius 1 is 1.36 bits per heavy atom. The van der Waals surface area contributed by atoms with Gasteiger partial charge in [0.25, 0.3) is 5.69 Å². The molecule has 0 atom stereocenters. The van der Waals surface area contributed by atoms with Crippen LogP contribution in [0.15, 0.2) is 36.5 Å². The Labute approximate surface area is 82.6 Å². The van der Waals surface area contributed by atoms with Crippen molar-refractivity contribution in [2.45, 2.75) is 6.92 Å². The molecule has 0 radical (unpaired) electrons. The van der Waals surface area contributed by atoms with Crippen LogP contribution in [-0.2, 0) is 0 Å². The van der Waals surface area contributed by atoms with Crippen molar-refractivity contribution in [3.05, 3.63) is 46.7 Å². The number of benzene rings is 1. The van der Waals surface area contributed by atoms with Gasteiger partial charge in [-0.2, -0.15) is 0 Å². The molecule has 0 aliphatic carbocycles. The highest BCUT2D eigenvalue weighted by molar-refractivity contribution is 5.52. The molecule has 74 valence electrons. The normalized spacial score (nSPS) is 10.4.